The lowest BCUT2D eigenvalue weighted by atomic mass is 10.1. The van der Waals surface area contributed by atoms with E-state index in [2.05, 4.69) is 34.2 Å². The minimum Gasteiger partial charge on any atom is -0.342 e. The molecular formula is C13H15N5S. The van der Waals surface area contributed by atoms with E-state index < -0.39 is 0 Å². The first-order chi connectivity index (χ1) is 9.06. The fourth-order valence-corrected chi connectivity index (χ4v) is 2.68. The number of hydrogen-bond acceptors (Lipinski definition) is 5. The maximum absolute atomic E-state index is 4.52. The number of anilines is 1. The molecule has 0 fully saturated rings. The summed E-state index contributed by atoms with van der Waals surface area (Å²) in [7, 11) is 0. The quantitative estimate of drug-likeness (QED) is 0.797. The van der Waals surface area contributed by atoms with Gasteiger partial charge >= 0.3 is 0 Å². The smallest absolute Gasteiger partial charge is 0.243 e. The van der Waals surface area contributed by atoms with Crippen LogP contribution in [0.4, 0.5) is 5.95 Å². The van der Waals surface area contributed by atoms with Crippen LogP contribution in [0.15, 0.2) is 29.9 Å². The summed E-state index contributed by atoms with van der Waals surface area (Å²) in [5.41, 5.74) is 1.70. The molecule has 0 spiro atoms. The third kappa shape index (κ3) is 2.19. The van der Waals surface area contributed by atoms with Gasteiger partial charge in [0.1, 0.15) is 5.01 Å². The number of hydrogen-bond donors (Lipinski definition) is 1. The third-order valence-corrected chi connectivity index (χ3v) is 4.05. The second-order valence-electron chi connectivity index (χ2n) is 4.98. The summed E-state index contributed by atoms with van der Waals surface area (Å²) in [5.74, 6) is 0.620. The van der Waals surface area contributed by atoms with Crippen molar-refractivity contribution in [3.8, 4) is 0 Å². The summed E-state index contributed by atoms with van der Waals surface area (Å²) < 4.78 is 1.79. The Balaban J connectivity index is 1.95. The van der Waals surface area contributed by atoms with Crippen LogP contribution in [0.5, 0.6) is 0 Å². The Kier molecular flexibility index (Phi) is 2.74. The molecule has 0 unspecified atom stereocenters. The zero-order chi connectivity index (χ0) is 13.5. The van der Waals surface area contributed by atoms with Crippen LogP contribution in [-0.4, -0.2) is 19.6 Å². The molecule has 5 nitrogen and oxygen atoms in total. The van der Waals surface area contributed by atoms with E-state index in [1.54, 1.807) is 15.9 Å². The van der Waals surface area contributed by atoms with Crippen molar-refractivity contribution in [2.75, 3.05) is 5.32 Å². The van der Waals surface area contributed by atoms with Crippen LogP contribution in [0.2, 0.25) is 0 Å². The van der Waals surface area contributed by atoms with Crippen LogP contribution in [-0.2, 0) is 5.54 Å². The Bertz CT molecular complexity index is 699. The molecule has 0 aliphatic rings. The Hall–Kier alpha value is -1.95. The molecule has 0 aromatic carbocycles. The van der Waals surface area contributed by atoms with E-state index in [-0.39, 0.29) is 5.54 Å². The number of aryl methyl sites for hydroxylation is 1. The van der Waals surface area contributed by atoms with E-state index in [1.165, 1.54) is 0 Å². The van der Waals surface area contributed by atoms with Gasteiger partial charge in [-0.1, -0.05) is 6.07 Å². The molecule has 98 valence electrons. The lowest BCUT2D eigenvalue weighted by molar-refractivity contribution is 0.597. The Morgan fingerprint density at radius 2 is 2.21 bits per heavy atom. The minimum atomic E-state index is -0.285. The standard InChI is InChI=1S/C13H15N5S/c1-9-5-4-7-18-10(9)15-12(17-18)16-13(2,3)11-14-6-8-19-11/h4-8H,1-3H3,(H,16,17). The molecule has 1 N–H and O–H groups in total. The van der Waals surface area contributed by atoms with Crippen LogP contribution in [0.3, 0.4) is 0 Å². The van der Waals surface area contributed by atoms with E-state index >= 15 is 0 Å². The van der Waals surface area contributed by atoms with Gasteiger partial charge in [-0.3, -0.25) is 0 Å². The second-order valence-corrected chi connectivity index (χ2v) is 5.88. The third-order valence-electron chi connectivity index (χ3n) is 2.95. The number of fused-ring (bicyclic) bond motifs is 1. The van der Waals surface area contributed by atoms with Gasteiger partial charge in [-0.2, -0.15) is 4.98 Å². The van der Waals surface area contributed by atoms with Gasteiger partial charge < -0.3 is 5.32 Å². The van der Waals surface area contributed by atoms with Crippen molar-refractivity contribution >= 4 is 22.9 Å². The van der Waals surface area contributed by atoms with Gasteiger partial charge in [0.2, 0.25) is 5.95 Å². The summed E-state index contributed by atoms with van der Waals surface area (Å²) in [6.45, 7) is 6.18. The number of rotatable bonds is 3. The molecule has 19 heavy (non-hydrogen) atoms. The molecular weight excluding hydrogens is 258 g/mol. The summed E-state index contributed by atoms with van der Waals surface area (Å²) >= 11 is 1.62. The molecule has 6 heteroatoms. The van der Waals surface area contributed by atoms with E-state index in [4.69, 9.17) is 0 Å². The van der Waals surface area contributed by atoms with E-state index in [1.807, 2.05) is 36.8 Å². The van der Waals surface area contributed by atoms with Gasteiger partial charge in [-0.15, -0.1) is 16.4 Å². The van der Waals surface area contributed by atoms with Gasteiger partial charge in [0.15, 0.2) is 5.65 Å². The largest absolute Gasteiger partial charge is 0.342 e. The van der Waals surface area contributed by atoms with Gasteiger partial charge in [0.25, 0.3) is 0 Å². The normalized spacial score (nSPS) is 11.9. The van der Waals surface area contributed by atoms with Gasteiger partial charge in [-0.25, -0.2) is 9.50 Å². The minimum absolute atomic E-state index is 0.285. The molecule has 3 heterocycles. The molecule has 3 aromatic heterocycles. The van der Waals surface area contributed by atoms with Crippen molar-refractivity contribution in [2.24, 2.45) is 0 Å². The first-order valence-electron chi connectivity index (χ1n) is 6.06. The summed E-state index contributed by atoms with van der Waals surface area (Å²) in [6, 6.07) is 3.99. The monoisotopic (exact) mass is 273 g/mol. The topological polar surface area (TPSA) is 55.1 Å². The van der Waals surface area contributed by atoms with Gasteiger partial charge in [-0.05, 0) is 32.4 Å². The van der Waals surface area contributed by atoms with Crippen molar-refractivity contribution < 1.29 is 0 Å². The zero-order valence-electron chi connectivity index (χ0n) is 11.1. The van der Waals surface area contributed by atoms with Crippen molar-refractivity contribution in [3.05, 3.63) is 40.5 Å². The molecule has 0 bridgehead atoms. The highest BCUT2D eigenvalue weighted by Crippen LogP contribution is 2.26. The van der Waals surface area contributed by atoms with E-state index in [0.29, 0.717) is 5.95 Å². The molecule has 0 atom stereocenters. The van der Waals surface area contributed by atoms with Crippen molar-refractivity contribution in [1.29, 1.82) is 0 Å². The number of nitrogens with one attached hydrogen (secondary N) is 1. The second kappa shape index (κ2) is 4.31. The molecule has 3 aromatic rings. The number of pyridine rings is 1. The Morgan fingerprint density at radius 3 is 2.89 bits per heavy atom. The summed E-state index contributed by atoms with van der Waals surface area (Å²) in [5, 5.41) is 10.8. The highest BCUT2D eigenvalue weighted by atomic mass is 32.1. The molecule has 0 aliphatic heterocycles. The molecule has 0 saturated heterocycles. The number of thiazole rings is 1. The van der Waals surface area contributed by atoms with Crippen molar-refractivity contribution in [2.45, 2.75) is 26.3 Å². The van der Waals surface area contributed by atoms with Crippen LogP contribution in [0.25, 0.3) is 5.65 Å². The fraction of sp³-hybridized carbons (Fsp3) is 0.308. The Labute approximate surface area is 115 Å². The van der Waals surface area contributed by atoms with Crippen LogP contribution < -0.4 is 5.32 Å². The van der Waals surface area contributed by atoms with Crippen LogP contribution in [0, 0.1) is 6.92 Å². The lowest BCUT2D eigenvalue weighted by Crippen LogP contribution is -2.28. The first-order valence-corrected chi connectivity index (χ1v) is 6.94. The highest BCUT2D eigenvalue weighted by molar-refractivity contribution is 7.09. The lowest BCUT2D eigenvalue weighted by Gasteiger charge is -2.22. The van der Waals surface area contributed by atoms with E-state index in [9.17, 15) is 0 Å². The molecule has 0 amide bonds. The maximum atomic E-state index is 4.52. The number of nitrogens with zero attached hydrogens (tertiary/aromatic N) is 4. The maximum Gasteiger partial charge on any atom is 0.243 e. The van der Waals surface area contributed by atoms with Gasteiger partial charge in [0.05, 0.1) is 5.54 Å². The highest BCUT2D eigenvalue weighted by Gasteiger charge is 2.24. The van der Waals surface area contributed by atoms with Crippen molar-refractivity contribution in [1.82, 2.24) is 19.6 Å². The summed E-state index contributed by atoms with van der Waals surface area (Å²) in [6.07, 6.45) is 3.71. The van der Waals surface area contributed by atoms with Crippen molar-refractivity contribution in [3.63, 3.8) is 0 Å². The number of aromatic nitrogens is 4. The molecule has 0 aliphatic carbocycles. The first kappa shape index (κ1) is 12.1. The average molecular weight is 273 g/mol. The molecule has 0 saturated carbocycles. The predicted molar refractivity (Wildman–Crippen MR) is 76.5 cm³/mol. The van der Waals surface area contributed by atoms with Crippen LogP contribution in [0.1, 0.15) is 24.4 Å². The molecule has 0 radical (unpaired) electrons. The average Bonchev–Trinajstić information content (AvgIpc) is 2.96. The fourth-order valence-electron chi connectivity index (χ4n) is 1.96. The summed E-state index contributed by atoms with van der Waals surface area (Å²) in [4.78, 5) is 8.87. The predicted octanol–water partition coefficient (Wildman–Crippen LogP) is 2.84. The molecule has 3 rings (SSSR count). The zero-order valence-corrected chi connectivity index (χ0v) is 11.9. The van der Waals surface area contributed by atoms with E-state index in [0.717, 1.165) is 16.2 Å². The Morgan fingerprint density at radius 1 is 1.37 bits per heavy atom. The SMILES string of the molecule is Cc1cccn2nc(NC(C)(C)c3nccs3)nc12. The van der Waals surface area contributed by atoms with Crippen LogP contribution >= 0.6 is 11.3 Å². The van der Waals surface area contributed by atoms with Gasteiger partial charge in [0, 0.05) is 17.8 Å².